The summed E-state index contributed by atoms with van der Waals surface area (Å²) in [4.78, 5) is 21.8. The number of carbonyl (C=O) groups excluding carboxylic acids is 1. The molecule has 0 N–H and O–H groups in total. The maximum Gasteiger partial charge on any atom is 0.246 e. The molecule has 0 aromatic carbocycles. The molecule has 126 valence electrons. The molecule has 1 amide bonds. The van der Waals surface area contributed by atoms with Gasteiger partial charge in [-0.25, -0.2) is 5.06 Å². The zero-order valence-corrected chi connectivity index (χ0v) is 14.2. The van der Waals surface area contributed by atoms with Gasteiger partial charge in [-0.2, -0.15) is 0 Å². The van der Waals surface area contributed by atoms with Crippen molar-refractivity contribution >= 4 is 17.2 Å². The lowest BCUT2D eigenvalue weighted by atomic mass is 9.90. The molecule has 3 atom stereocenters. The van der Waals surface area contributed by atoms with E-state index in [1.807, 2.05) is 11.3 Å². The number of carbonyl (C=O) groups is 1. The first-order chi connectivity index (χ1) is 11.3. The molecule has 1 aromatic heterocycles. The van der Waals surface area contributed by atoms with E-state index in [0.29, 0.717) is 31.0 Å². The second kappa shape index (κ2) is 6.89. The smallest absolute Gasteiger partial charge is 0.246 e. The SMILES string of the molecule is O=C(C[C@@H]1CO[C@@H]2CN(Cc3cccs3)C[C@H]12)N1CCCCO1. The largest absolute Gasteiger partial charge is 0.376 e. The van der Waals surface area contributed by atoms with Gasteiger partial charge in [-0.1, -0.05) is 6.07 Å². The van der Waals surface area contributed by atoms with Crippen molar-refractivity contribution in [1.29, 1.82) is 0 Å². The van der Waals surface area contributed by atoms with Gasteiger partial charge in [-0.05, 0) is 30.2 Å². The summed E-state index contributed by atoms with van der Waals surface area (Å²) in [5.74, 6) is 0.964. The van der Waals surface area contributed by atoms with E-state index in [9.17, 15) is 4.79 Å². The Hall–Kier alpha value is -0.950. The predicted molar refractivity (Wildman–Crippen MR) is 87.8 cm³/mol. The van der Waals surface area contributed by atoms with Gasteiger partial charge in [0.15, 0.2) is 0 Å². The highest BCUT2D eigenvalue weighted by Gasteiger charge is 2.44. The van der Waals surface area contributed by atoms with E-state index in [1.54, 1.807) is 5.06 Å². The molecule has 0 radical (unpaired) electrons. The van der Waals surface area contributed by atoms with E-state index >= 15 is 0 Å². The number of likely N-dealkylation sites (tertiary alicyclic amines) is 1. The number of rotatable bonds is 4. The Morgan fingerprint density at radius 3 is 3.09 bits per heavy atom. The lowest BCUT2D eigenvalue weighted by Crippen LogP contribution is -2.37. The summed E-state index contributed by atoms with van der Waals surface area (Å²) >= 11 is 1.81. The Labute approximate surface area is 141 Å². The quantitative estimate of drug-likeness (QED) is 0.845. The van der Waals surface area contributed by atoms with Gasteiger partial charge in [0, 0.05) is 43.4 Å². The fourth-order valence-electron chi connectivity index (χ4n) is 3.96. The van der Waals surface area contributed by atoms with Crippen LogP contribution in [0.3, 0.4) is 0 Å². The van der Waals surface area contributed by atoms with Crippen molar-refractivity contribution in [2.45, 2.75) is 31.9 Å². The van der Waals surface area contributed by atoms with Crippen LogP contribution in [-0.2, 0) is 20.9 Å². The van der Waals surface area contributed by atoms with Crippen LogP contribution in [0.1, 0.15) is 24.1 Å². The fourth-order valence-corrected chi connectivity index (χ4v) is 4.71. The van der Waals surface area contributed by atoms with Crippen molar-refractivity contribution < 1.29 is 14.4 Å². The molecule has 0 aliphatic carbocycles. The van der Waals surface area contributed by atoms with Gasteiger partial charge in [-0.15, -0.1) is 11.3 Å². The van der Waals surface area contributed by atoms with Gasteiger partial charge in [-0.3, -0.25) is 14.5 Å². The number of nitrogens with zero attached hydrogens (tertiary/aromatic N) is 2. The van der Waals surface area contributed by atoms with Gasteiger partial charge in [0.25, 0.3) is 0 Å². The van der Waals surface area contributed by atoms with E-state index in [0.717, 1.165) is 45.6 Å². The minimum atomic E-state index is 0.135. The van der Waals surface area contributed by atoms with Gasteiger partial charge in [0.2, 0.25) is 5.91 Å². The minimum absolute atomic E-state index is 0.135. The van der Waals surface area contributed by atoms with Gasteiger partial charge in [0.05, 0.1) is 19.3 Å². The van der Waals surface area contributed by atoms with Crippen LogP contribution in [0.4, 0.5) is 0 Å². The standard InChI is InChI=1S/C17H24N2O3S/c20-17(19-5-1-2-6-22-19)8-13-12-21-16-11-18(10-15(13)16)9-14-4-3-7-23-14/h3-4,7,13,15-16H,1-2,5-6,8-12H2/t13-,15-,16-/m1/s1. The minimum Gasteiger partial charge on any atom is -0.376 e. The summed E-state index contributed by atoms with van der Waals surface area (Å²) in [6, 6.07) is 4.29. The molecule has 0 saturated carbocycles. The third-order valence-electron chi connectivity index (χ3n) is 5.19. The number of amides is 1. The van der Waals surface area contributed by atoms with Crippen LogP contribution in [0.2, 0.25) is 0 Å². The van der Waals surface area contributed by atoms with Gasteiger partial charge in [0.1, 0.15) is 0 Å². The summed E-state index contributed by atoms with van der Waals surface area (Å²) in [6.07, 6.45) is 2.97. The lowest BCUT2D eigenvalue weighted by Gasteiger charge is -2.27. The van der Waals surface area contributed by atoms with E-state index < -0.39 is 0 Å². The van der Waals surface area contributed by atoms with Crippen molar-refractivity contribution in [2.24, 2.45) is 11.8 Å². The van der Waals surface area contributed by atoms with E-state index in [-0.39, 0.29) is 5.91 Å². The Balaban J connectivity index is 1.31. The molecule has 4 rings (SSSR count). The molecule has 0 unspecified atom stereocenters. The molecule has 3 aliphatic heterocycles. The zero-order chi connectivity index (χ0) is 15.6. The molecule has 23 heavy (non-hydrogen) atoms. The Morgan fingerprint density at radius 2 is 2.30 bits per heavy atom. The number of ether oxygens (including phenoxy) is 1. The zero-order valence-electron chi connectivity index (χ0n) is 13.4. The number of hydrogen-bond acceptors (Lipinski definition) is 5. The Bertz CT molecular complexity index is 530. The summed E-state index contributed by atoms with van der Waals surface area (Å²) < 4.78 is 5.98. The second-order valence-electron chi connectivity index (χ2n) is 6.81. The van der Waals surface area contributed by atoms with Crippen LogP contribution in [0.25, 0.3) is 0 Å². The first kappa shape index (κ1) is 15.6. The summed E-state index contributed by atoms with van der Waals surface area (Å²) in [5, 5.41) is 3.71. The third-order valence-corrected chi connectivity index (χ3v) is 6.05. The lowest BCUT2D eigenvalue weighted by molar-refractivity contribution is -0.198. The van der Waals surface area contributed by atoms with Crippen LogP contribution >= 0.6 is 11.3 Å². The van der Waals surface area contributed by atoms with Crippen molar-refractivity contribution in [3.05, 3.63) is 22.4 Å². The summed E-state index contributed by atoms with van der Waals surface area (Å²) in [6.45, 7) is 5.18. The fraction of sp³-hybridized carbons (Fsp3) is 0.706. The second-order valence-corrected chi connectivity index (χ2v) is 7.84. The molecule has 3 fully saturated rings. The topological polar surface area (TPSA) is 42.0 Å². The third kappa shape index (κ3) is 3.45. The van der Waals surface area contributed by atoms with E-state index in [1.165, 1.54) is 4.88 Å². The number of hydroxylamine groups is 2. The molecular formula is C17H24N2O3S. The monoisotopic (exact) mass is 336 g/mol. The van der Waals surface area contributed by atoms with Crippen LogP contribution in [0.5, 0.6) is 0 Å². The molecule has 3 aliphatic rings. The molecule has 1 aromatic rings. The number of hydrogen-bond donors (Lipinski definition) is 0. The molecule has 0 spiro atoms. The molecule has 3 saturated heterocycles. The highest BCUT2D eigenvalue weighted by Crippen LogP contribution is 2.36. The maximum absolute atomic E-state index is 12.4. The van der Waals surface area contributed by atoms with Crippen molar-refractivity contribution in [3.8, 4) is 0 Å². The molecular weight excluding hydrogens is 312 g/mol. The highest BCUT2D eigenvalue weighted by atomic mass is 32.1. The van der Waals surface area contributed by atoms with Crippen LogP contribution < -0.4 is 0 Å². The first-order valence-corrected chi connectivity index (χ1v) is 9.47. The van der Waals surface area contributed by atoms with Crippen molar-refractivity contribution in [3.63, 3.8) is 0 Å². The molecule has 5 nitrogen and oxygen atoms in total. The Kier molecular flexibility index (Phi) is 4.66. The molecule has 0 bridgehead atoms. The first-order valence-electron chi connectivity index (χ1n) is 8.59. The van der Waals surface area contributed by atoms with Crippen LogP contribution in [-0.4, -0.2) is 54.8 Å². The number of thiophene rings is 1. The average molecular weight is 336 g/mol. The predicted octanol–water partition coefficient (Wildman–Crippen LogP) is 2.14. The molecule has 4 heterocycles. The molecule has 6 heteroatoms. The van der Waals surface area contributed by atoms with Crippen molar-refractivity contribution in [1.82, 2.24) is 9.96 Å². The van der Waals surface area contributed by atoms with Gasteiger partial charge < -0.3 is 4.74 Å². The summed E-state index contributed by atoms with van der Waals surface area (Å²) in [5.41, 5.74) is 0. The van der Waals surface area contributed by atoms with Crippen LogP contribution in [0, 0.1) is 11.8 Å². The summed E-state index contributed by atoms with van der Waals surface area (Å²) in [7, 11) is 0. The van der Waals surface area contributed by atoms with E-state index in [2.05, 4.69) is 22.4 Å². The van der Waals surface area contributed by atoms with Crippen molar-refractivity contribution in [2.75, 3.05) is 32.8 Å². The van der Waals surface area contributed by atoms with Crippen LogP contribution in [0.15, 0.2) is 17.5 Å². The van der Waals surface area contributed by atoms with E-state index in [4.69, 9.17) is 9.57 Å². The Morgan fingerprint density at radius 1 is 1.35 bits per heavy atom. The van der Waals surface area contributed by atoms with Gasteiger partial charge >= 0.3 is 0 Å². The number of fused-ring (bicyclic) bond motifs is 1. The maximum atomic E-state index is 12.4. The normalized spacial score (nSPS) is 31.5. The highest BCUT2D eigenvalue weighted by molar-refractivity contribution is 7.09. The average Bonchev–Trinajstić information content (AvgIpc) is 3.28.